The molecular weight excluding hydrogens is 927 g/mol. The number of likely N-dealkylation sites (tertiary alicyclic amines) is 1. The number of amides is 4. The van der Waals surface area contributed by atoms with Gasteiger partial charge in [0.25, 0.3) is 11.8 Å². The number of ether oxygens (including phenoxy) is 1. The van der Waals surface area contributed by atoms with E-state index < -0.39 is 58.5 Å². The Hall–Kier alpha value is -6.34. The van der Waals surface area contributed by atoms with Gasteiger partial charge in [0.2, 0.25) is 17.8 Å². The van der Waals surface area contributed by atoms with Crippen molar-refractivity contribution in [2.24, 2.45) is 5.92 Å². The first kappa shape index (κ1) is 49.1. The molecule has 3 aromatic heterocycles. The molecule has 5 N–H and O–H groups in total. The summed E-state index contributed by atoms with van der Waals surface area (Å²) in [7, 11) is 0. The number of halogens is 4. The third-order valence-electron chi connectivity index (χ3n) is 11.8. The van der Waals surface area contributed by atoms with Crippen LogP contribution in [0.15, 0.2) is 66.1 Å². The molecule has 0 aliphatic carbocycles. The summed E-state index contributed by atoms with van der Waals surface area (Å²) in [5.74, 6) is -2.55. The van der Waals surface area contributed by atoms with E-state index in [1.165, 1.54) is 41.2 Å². The van der Waals surface area contributed by atoms with Crippen LogP contribution in [0.3, 0.4) is 0 Å². The number of benzene rings is 2. The number of alkyl halides is 3. The summed E-state index contributed by atoms with van der Waals surface area (Å²) in [5.41, 5.74) is -0.925. The van der Waals surface area contributed by atoms with Crippen LogP contribution >= 0.6 is 11.9 Å². The molecule has 5 aromatic rings. The second-order valence-electron chi connectivity index (χ2n) is 17.7. The average Bonchev–Trinajstić information content (AvgIpc) is 4.03. The number of nitrogens with zero attached hydrogens (tertiary/aromatic N) is 9. The number of hydrogen-bond donors (Lipinski definition) is 5. The smallest absolute Gasteiger partial charge is 0.389 e. The molecule has 19 nitrogen and oxygen atoms in total. The summed E-state index contributed by atoms with van der Waals surface area (Å²) in [6, 6.07) is 8.38. The van der Waals surface area contributed by atoms with E-state index in [2.05, 4.69) is 51.0 Å². The van der Waals surface area contributed by atoms with Crippen molar-refractivity contribution in [2.75, 3.05) is 50.0 Å². The molecule has 366 valence electrons. The molecule has 69 heavy (non-hydrogen) atoms. The Morgan fingerprint density at radius 1 is 0.957 bits per heavy atom. The second kappa shape index (κ2) is 21.1. The molecule has 0 bridgehead atoms. The molecule has 0 saturated carbocycles. The van der Waals surface area contributed by atoms with Crippen LogP contribution in [0.2, 0.25) is 0 Å². The monoisotopic (exact) mass is 977 g/mol. The standard InChI is InChI=1S/C45H51F4N13O6S/c1-44(2,67)26-61-23-28(21-52-61)39-32(45(47,48)49)22-51-43(56-39)54-34-7-6-30(20-33(34)46)69-53-14-19-68-25-29-24-60(58-57-29)18-17-59-15-11-27(12-16-59)10-13-50-35-5-3-4-31-38(35)42(66)62(41(31)65)36-8-9-37(63)55-40(36)64/h3-7,20-24,27,36,50,53,67H,8-19,25-26H2,1-2H3,(H,51,54,56)(H,55,63,64). The fraction of sp³-hybridized carbons (Fsp3) is 0.444. The van der Waals surface area contributed by atoms with Crippen LogP contribution in [0.4, 0.5) is 34.9 Å². The van der Waals surface area contributed by atoms with E-state index in [0.29, 0.717) is 54.6 Å². The van der Waals surface area contributed by atoms with Crippen LogP contribution in [0.1, 0.15) is 77.9 Å². The quantitative estimate of drug-likeness (QED) is 0.0298. The predicted octanol–water partition coefficient (Wildman–Crippen LogP) is 5.03. The highest BCUT2D eigenvalue weighted by Gasteiger charge is 2.45. The van der Waals surface area contributed by atoms with Crippen molar-refractivity contribution in [1.82, 2.24) is 54.6 Å². The highest BCUT2D eigenvalue weighted by molar-refractivity contribution is 7.97. The first-order chi connectivity index (χ1) is 33.0. The average molecular weight is 978 g/mol. The Balaban J connectivity index is 0.710. The third kappa shape index (κ3) is 12.3. The minimum Gasteiger partial charge on any atom is -0.389 e. The van der Waals surface area contributed by atoms with Gasteiger partial charge in [0.15, 0.2) is 0 Å². The van der Waals surface area contributed by atoms with Crippen LogP contribution in [0.25, 0.3) is 11.3 Å². The first-order valence-corrected chi connectivity index (χ1v) is 23.2. The molecule has 1 unspecified atom stereocenters. The first-order valence-electron chi connectivity index (χ1n) is 22.4. The summed E-state index contributed by atoms with van der Waals surface area (Å²) in [5, 5.41) is 30.8. The lowest BCUT2D eigenvalue weighted by molar-refractivity contribution is -0.138. The fourth-order valence-corrected chi connectivity index (χ4v) is 9.02. The maximum atomic E-state index is 15.1. The van der Waals surface area contributed by atoms with E-state index in [1.807, 2.05) is 6.20 Å². The SMILES string of the molecule is CC(C)(O)Cn1cc(-c2nc(Nc3ccc(SNCCOCc4cn(CCN5CCC(CCNc6cccc7c6C(=O)N(C6CCC(=O)NC6=O)C7=O)CC5)nn4)cc3F)ncc2C(F)(F)F)cn1. The molecule has 2 fully saturated rings. The molecule has 4 amide bonds. The molecule has 8 rings (SSSR count). The lowest BCUT2D eigenvalue weighted by Gasteiger charge is -2.32. The van der Waals surface area contributed by atoms with Crippen LogP contribution in [-0.2, 0) is 40.2 Å². The zero-order valence-corrected chi connectivity index (χ0v) is 38.6. The maximum absolute atomic E-state index is 15.1. The van der Waals surface area contributed by atoms with E-state index in [-0.39, 0.29) is 54.3 Å². The Labute approximate surface area is 397 Å². The van der Waals surface area contributed by atoms with Crippen LogP contribution < -0.4 is 20.7 Å². The van der Waals surface area contributed by atoms with Gasteiger partial charge in [-0.3, -0.25) is 43.5 Å². The van der Waals surface area contributed by atoms with E-state index in [1.54, 1.807) is 42.8 Å². The fourth-order valence-electron chi connectivity index (χ4n) is 8.37. The summed E-state index contributed by atoms with van der Waals surface area (Å²) in [4.78, 5) is 62.4. The predicted molar refractivity (Wildman–Crippen MR) is 243 cm³/mol. The van der Waals surface area contributed by atoms with Gasteiger partial charge in [-0.2, -0.15) is 18.3 Å². The molecular formula is C45H51F4N13O6S. The summed E-state index contributed by atoms with van der Waals surface area (Å²) >= 11 is 1.18. The van der Waals surface area contributed by atoms with E-state index in [9.17, 15) is 37.5 Å². The van der Waals surface area contributed by atoms with Crippen molar-refractivity contribution >= 4 is 52.9 Å². The zero-order chi connectivity index (χ0) is 48.9. The number of hydrogen-bond acceptors (Lipinski definition) is 16. The van der Waals surface area contributed by atoms with Gasteiger partial charge in [-0.1, -0.05) is 11.3 Å². The second-order valence-corrected chi connectivity index (χ2v) is 18.6. The zero-order valence-electron chi connectivity index (χ0n) is 37.8. The molecule has 6 heterocycles. The minimum atomic E-state index is -4.76. The number of piperidine rings is 2. The Bertz CT molecular complexity index is 2680. The van der Waals surface area contributed by atoms with Crippen LogP contribution in [0.5, 0.6) is 0 Å². The number of nitrogens with one attached hydrogen (secondary N) is 4. The lowest BCUT2D eigenvalue weighted by atomic mass is 9.93. The van der Waals surface area contributed by atoms with Crippen molar-refractivity contribution in [3.63, 3.8) is 0 Å². The van der Waals surface area contributed by atoms with E-state index in [4.69, 9.17) is 4.74 Å². The van der Waals surface area contributed by atoms with Gasteiger partial charge in [0, 0.05) is 54.6 Å². The number of aromatic nitrogens is 7. The maximum Gasteiger partial charge on any atom is 0.419 e. The van der Waals surface area contributed by atoms with Crippen molar-refractivity contribution in [1.29, 1.82) is 0 Å². The number of anilines is 3. The van der Waals surface area contributed by atoms with Crippen molar-refractivity contribution in [3.05, 3.63) is 89.4 Å². The number of carbonyl (C=O) groups is 4. The Kier molecular flexibility index (Phi) is 15.0. The molecule has 24 heteroatoms. The largest absolute Gasteiger partial charge is 0.419 e. The highest BCUT2D eigenvalue weighted by atomic mass is 32.2. The Morgan fingerprint density at radius 2 is 1.77 bits per heavy atom. The molecule has 0 radical (unpaired) electrons. The number of carbonyl (C=O) groups excluding carboxylic acids is 4. The third-order valence-corrected chi connectivity index (χ3v) is 12.6. The molecule has 3 aliphatic heterocycles. The Morgan fingerprint density at radius 3 is 2.52 bits per heavy atom. The number of aliphatic hydroxyl groups is 1. The molecule has 3 aliphatic rings. The molecule has 2 saturated heterocycles. The van der Waals surface area contributed by atoms with E-state index >= 15 is 4.39 Å². The molecule has 0 spiro atoms. The molecule has 1 atom stereocenters. The van der Waals surface area contributed by atoms with Crippen molar-refractivity contribution in [2.45, 2.75) is 88.4 Å². The van der Waals surface area contributed by atoms with Gasteiger partial charge in [-0.15, -0.1) is 5.10 Å². The van der Waals surface area contributed by atoms with Crippen LogP contribution in [0, 0.1) is 11.7 Å². The minimum absolute atomic E-state index is 0.0390. The van der Waals surface area contributed by atoms with Gasteiger partial charge >= 0.3 is 6.18 Å². The number of fused-ring (bicyclic) bond motifs is 1. The summed E-state index contributed by atoms with van der Waals surface area (Å²) in [6.07, 6.45) is 3.35. The van der Waals surface area contributed by atoms with Gasteiger partial charge in [0.1, 0.15) is 23.1 Å². The van der Waals surface area contributed by atoms with Gasteiger partial charge in [-0.05, 0) is 101 Å². The normalized spacial score (nSPS) is 17.1. The number of imide groups is 2. The molecule has 2 aromatic carbocycles. The van der Waals surface area contributed by atoms with Crippen molar-refractivity contribution < 1.29 is 46.6 Å². The summed E-state index contributed by atoms with van der Waals surface area (Å²) < 4.78 is 68.7. The van der Waals surface area contributed by atoms with Gasteiger partial charge in [0.05, 0.1) is 66.8 Å². The lowest BCUT2D eigenvalue weighted by Crippen LogP contribution is -2.54. The van der Waals surface area contributed by atoms with Crippen molar-refractivity contribution in [3.8, 4) is 11.3 Å². The van der Waals surface area contributed by atoms with Crippen LogP contribution in [-0.4, -0.2) is 124 Å². The van der Waals surface area contributed by atoms with Gasteiger partial charge < -0.3 is 25.4 Å². The van der Waals surface area contributed by atoms with Gasteiger partial charge in [-0.25, -0.2) is 14.4 Å². The summed E-state index contributed by atoms with van der Waals surface area (Å²) in [6.45, 7) is 8.11. The van der Waals surface area contributed by atoms with E-state index in [0.717, 1.165) is 43.8 Å². The highest BCUT2D eigenvalue weighted by Crippen LogP contribution is 2.37. The topological polar surface area (TPSA) is 227 Å². The number of rotatable bonds is 20.